The summed E-state index contributed by atoms with van der Waals surface area (Å²) in [7, 11) is 0. The number of hydrogen-bond donors (Lipinski definition) is 1. The predicted molar refractivity (Wildman–Crippen MR) is 78.5 cm³/mol. The van der Waals surface area contributed by atoms with E-state index in [1.54, 1.807) is 24.3 Å². The molecule has 122 valence electrons. The van der Waals surface area contributed by atoms with Crippen molar-refractivity contribution in [1.82, 2.24) is 5.32 Å². The molecule has 0 aliphatic heterocycles. The maximum atomic E-state index is 11.5. The first-order chi connectivity index (χ1) is 10.5. The van der Waals surface area contributed by atoms with E-state index in [1.165, 1.54) is 6.92 Å². The molecule has 0 aliphatic carbocycles. The van der Waals surface area contributed by atoms with Crippen LogP contribution in [0.1, 0.15) is 21.2 Å². The van der Waals surface area contributed by atoms with Gasteiger partial charge in [0.2, 0.25) is 6.79 Å². The third-order valence-electron chi connectivity index (χ3n) is 2.32. The van der Waals surface area contributed by atoms with Crippen LogP contribution in [0.2, 0.25) is 5.02 Å². The third kappa shape index (κ3) is 11.0. The molecule has 0 saturated carbocycles. The van der Waals surface area contributed by atoms with Crippen LogP contribution in [-0.2, 0) is 19.1 Å². The van der Waals surface area contributed by atoms with Crippen LogP contribution in [0.25, 0.3) is 0 Å². The van der Waals surface area contributed by atoms with Gasteiger partial charge in [-0.15, -0.1) is 0 Å². The second-order valence-electron chi connectivity index (χ2n) is 4.14. The zero-order chi connectivity index (χ0) is 16.4. The number of amides is 1. The predicted octanol–water partition coefficient (Wildman–Crippen LogP) is -0.611. The number of rotatable bonds is 7. The Kier molecular flexibility index (Phi) is 11.5. The average Bonchev–Trinajstić information content (AvgIpc) is 2.46. The fourth-order valence-electron chi connectivity index (χ4n) is 1.33. The number of halogens is 1. The molecule has 0 fully saturated rings. The zero-order valence-electron chi connectivity index (χ0n) is 14.0. The fourth-order valence-corrected chi connectivity index (χ4v) is 1.45. The van der Waals surface area contributed by atoms with Crippen LogP contribution in [0.3, 0.4) is 0 Å². The fraction of sp³-hybridized carbons (Fsp3) is 0.357. The largest absolute Gasteiger partial charge is 1.00 e. The normalized spacial score (nSPS) is 9.30. The van der Waals surface area contributed by atoms with E-state index in [4.69, 9.17) is 16.3 Å². The molecule has 7 nitrogen and oxygen atoms in total. The first-order valence-electron chi connectivity index (χ1n) is 6.47. The Morgan fingerprint density at radius 2 is 1.83 bits per heavy atom. The maximum Gasteiger partial charge on any atom is 1.00 e. The van der Waals surface area contributed by atoms with Crippen molar-refractivity contribution in [3.05, 3.63) is 29.3 Å². The van der Waals surface area contributed by atoms with Crippen molar-refractivity contribution in [3.63, 3.8) is 0 Å². The van der Waals surface area contributed by atoms with Gasteiger partial charge in [-0.05, 0) is 30.7 Å². The second kappa shape index (κ2) is 12.2. The molecule has 0 aliphatic rings. The molecule has 1 rings (SSSR count). The van der Waals surface area contributed by atoms with Gasteiger partial charge in [0.05, 0.1) is 0 Å². The van der Waals surface area contributed by atoms with Gasteiger partial charge in [0, 0.05) is 24.9 Å². The Bertz CT molecular complexity index is 529. The molecule has 9 heteroatoms. The van der Waals surface area contributed by atoms with E-state index in [0.717, 1.165) is 0 Å². The number of benzene rings is 1. The van der Waals surface area contributed by atoms with Crippen LogP contribution in [0.15, 0.2) is 24.3 Å². The standard InChI is InChI=1S/C14H16ClNO6.Na.H/c1-10(17)20-9-21-14(19)16-8-2-3-13(18)22-12-6-4-11(15)5-7-12;;/h4-7H,2-3,8-9H2,1H3,(H,16,19);;/q;+1;-1. The summed E-state index contributed by atoms with van der Waals surface area (Å²) in [5, 5.41) is 2.96. The van der Waals surface area contributed by atoms with Crippen molar-refractivity contribution in [2.24, 2.45) is 0 Å². The number of alkyl carbamates (subject to hydrolysis) is 1. The average molecular weight is 354 g/mol. The minimum atomic E-state index is -0.729. The van der Waals surface area contributed by atoms with Gasteiger partial charge in [-0.3, -0.25) is 9.59 Å². The molecule has 0 bridgehead atoms. The molecule has 0 spiro atoms. The minimum absolute atomic E-state index is 0. The Balaban J connectivity index is 0. The summed E-state index contributed by atoms with van der Waals surface area (Å²) in [5.74, 6) is -0.557. The van der Waals surface area contributed by atoms with E-state index in [2.05, 4.69) is 14.8 Å². The number of hydrogen-bond acceptors (Lipinski definition) is 6. The van der Waals surface area contributed by atoms with Gasteiger partial charge in [0.25, 0.3) is 0 Å². The van der Waals surface area contributed by atoms with E-state index in [-0.39, 0.29) is 43.9 Å². The van der Waals surface area contributed by atoms with E-state index in [1.807, 2.05) is 0 Å². The van der Waals surface area contributed by atoms with Gasteiger partial charge in [0.1, 0.15) is 5.75 Å². The molecule has 0 aromatic heterocycles. The van der Waals surface area contributed by atoms with Crippen molar-refractivity contribution in [1.29, 1.82) is 0 Å². The summed E-state index contributed by atoms with van der Waals surface area (Å²) in [6.07, 6.45) is -0.214. The molecule has 1 amide bonds. The Morgan fingerprint density at radius 3 is 2.43 bits per heavy atom. The Labute approximate surface area is 162 Å². The summed E-state index contributed by atoms with van der Waals surface area (Å²) in [6.45, 7) is 0.988. The zero-order valence-corrected chi connectivity index (χ0v) is 15.7. The smallest absolute Gasteiger partial charge is 1.00 e. The number of ether oxygens (including phenoxy) is 3. The molecule has 1 aromatic carbocycles. The van der Waals surface area contributed by atoms with Crippen LogP contribution in [0.4, 0.5) is 4.79 Å². The third-order valence-corrected chi connectivity index (χ3v) is 2.58. The van der Waals surface area contributed by atoms with Crippen molar-refractivity contribution in [2.45, 2.75) is 19.8 Å². The quantitative estimate of drug-likeness (QED) is 0.231. The molecule has 0 saturated heterocycles. The Hall–Kier alpha value is -1.28. The monoisotopic (exact) mass is 353 g/mol. The number of carbonyl (C=O) groups excluding carboxylic acids is 3. The summed E-state index contributed by atoms with van der Waals surface area (Å²) in [6, 6.07) is 6.41. The second-order valence-corrected chi connectivity index (χ2v) is 4.58. The molecule has 1 N–H and O–H groups in total. The first kappa shape index (κ1) is 21.7. The molecule has 23 heavy (non-hydrogen) atoms. The van der Waals surface area contributed by atoms with E-state index < -0.39 is 24.8 Å². The van der Waals surface area contributed by atoms with Crippen LogP contribution in [-0.4, -0.2) is 31.4 Å². The summed E-state index contributed by atoms with van der Waals surface area (Å²) >= 11 is 5.71. The van der Waals surface area contributed by atoms with Crippen LogP contribution in [0.5, 0.6) is 5.75 Å². The molecular formula is C14H17ClNNaO6. The minimum Gasteiger partial charge on any atom is -1.00 e. The van der Waals surface area contributed by atoms with Gasteiger partial charge in [0.15, 0.2) is 0 Å². The molecule has 0 heterocycles. The van der Waals surface area contributed by atoms with Gasteiger partial charge < -0.3 is 21.0 Å². The van der Waals surface area contributed by atoms with Gasteiger partial charge >= 0.3 is 47.6 Å². The van der Waals surface area contributed by atoms with E-state index in [9.17, 15) is 14.4 Å². The topological polar surface area (TPSA) is 90.9 Å². The van der Waals surface area contributed by atoms with Crippen LogP contribution < -0.4 is 39.6 Å². The summed E-state index contributed by atoms with van der Waals surface area (Å²) in [5.41, 5.74) is 0. The van der Waals surface area contributed by atoms with E-state index in [0.29, 0.717) is 17.2 Å². The summed E-state index contributed by atoms with van der Waals surface area (Å²) < 4.78 is 14.0. The number of nitrogens with one attached hydrogen (secondary N) is 1. The van der Waals surface area contributed by atoms with Gasteiger partial charge in [-0.1, -0.05) is 11.6 Å². The first-order valence-corrected chi connectivity index (χ1v) is 6.85. The molecule has 0 atom stereocenters. The summed E-state index contributed by atoms with van der Waals surface area (Å²) in [4.78, 5) is 33.1. The molecule has 1 aromatic rings. The number of esters is 2. The van der Waals surface area contributed by atoms with Crippen molar-refractivity contribution in [2.75, 3.05) is 13.3 Å². The van der Waals surface area contributed by atoms with E-state index >= 15 is 0 Å². The molecule has 0 unspecified atom stereocenters. The Morgan fingerprint density at radius 1 is 1.17 bits per heavy atom. The number of carbonyl (C=O) groups is 3. The van der Waals surface area contributed by atoms with Gasteiger partial charge in [-0.25, -0.2) is 4.79 Å². The molecule has 0 radical (unpaired) electrons. The van der Waals surface area contributed by atoms with Crippen molar-refractivity contribution >= 4 is 29.6 Å². The van der Waals surface area contributed by atoms with Gasteiger partial charge in [-0.2, -0.15) is 0 Å². The van der Waals surface area contributed by atoms with Crippen LogP contribution >= 0.6 is 11.6 Å². The van der Waals surface area contributed by atoms with Crippen molar-refractivity contribution in [3.8, 4) is 5.75 Å². The SMILES string of the molecule is CC(=O)OCOC(=O)NCCCC(=O)Oc1ccc(Cl)cc1.[H-].[Na+]. The van der Waals surface area contributed by atoms with Crippen molar-refractivity contribution < 1.29 is 59.6 Å². The maximum absolute atomic E-state index is 11.5. The molecular weight excluding hydrogens is 337 g/mol. The van der Waals surface area contributed by atoms with Crippen LogP contribution in [0, 0.1) is 0 Å².